The van der Waals surface area contributed by atoms with Crippen molar-refractivity contribution in [3.8, 4) is 0 Å². The molecule has 6 heteroatoms. The van der Waals surface area contributed by atoms with Gasteiger partial charge >= 0.3 is 5.97 Å². The van der Waals surface area contributed by atoms with Crippen LogP contribution in [0.25, 0.3) is 0 Å². The molecular weight excluding hydrogens is 296 g/mol. The van der Waals surface area contributed by atoms with E-state index >= 15 is 0 Å². The first kappa shape index (κ1) is 16.1. The molecule has 0 aliphatic heterocycles. The fourth-order valence-electron chi connectivity index (χ4n) is 2.63. The minimum absolute atomic E-state index is 0.105. The number of anilines is 1. The Labute approximate surface area is 127 Å². The highest BCUT2D eigenvalue weighted by molar-refractivity contribution is 7.99. The molecule has 0 bridgehead atoms. The number of hydrogen-bond acceptors (Lipinski definition) is 4. The van der Waals surface area contributed by atoms with Gasteiger partial charge in [0.25, 0.3) is 0 Å². The van der Waals surface area contributed by atoms with E-state index in [4.69, 9.17) is 0 Å². The molecule has 116 valence electrons. The average Bonchev–Trinajstić information content (AvgIpc) is 2.91. The van der Waals surface area contributed by atoms with Crippen LogP contribution < -0.4 is 5.32 Å². The maximum absolute atomic E-state index is 14.1. The summed E-state index contributed by atoms with van der Waals surface area (Å²) in [6, 6.07) is 2.79. The van der Waals surface area contributed by atoms with E-state index in [-0.39, 0.29) is 17.3 Å². The van der Waals surface area contributed by atoms with E-state index in [0.717, 1.165) is 32.1 Å². The second-order valence-electron chi connectivity index (χ2n) is 4.96. The van der Waals surface area contributed by atoms with E-state index in [9.17, 15) is 13.6 Å². The van der Waals surface area contributed by atoms with Gasteiger partial charge < -0.3 is 10.1 Å². The molecule has 1 fully saturated rings. The van der Waals surface area contributed by atoms with Gasteiger partial charge in [-0.05, 0) is 30.7 Å². The van der Waals surface area contributed by atoms with Crippen LogP contribution in [-0.4, -0.2) is 30.1 Å². The number of esters is 1. The van der Waals surface area contributed by atoms with Crippen molar-refractivity contribution in [2.75, 3.05) is 18.2 Å². The van der Waals surface area contributed by atoms with Crippen LogP contribution >= 0.6 is 11.8 Å². The maximum atomic E-state index is 14.1. The van der Waals surface area contributed by atoms with Crippen LogP contribution in [0.3, 0.4) is 0 Å². The quantitative estimate of drug-likeness (QED) is 0.838. The molecule has 0 aromatic heterocycles. The molecule has 3 nitrogen and oxygen atoms in total. The number of carbonyl (C=O) groups excluding carboxylic acids is 1. The van der Waals surface area contributed by atoms with Crippen LogP contribution in [0.2, 0.25) is 0 Å². The fourth-order valence-corrected chi connectivity index (χ4v) is 3.83. The van der Waals surface area contributed by atoms with Crippen LogP contribution in [0.1, 0.15) is 36.5 Å². The Bertz CT molecular complexity index is 525. The van der Waals surface area contributed by atoms with E-state index in [2.05, 4.69) is 17.0 Å². The van der Waals surface area contributed by atoms with Crippen LogP contribution in [0.15, 0.2) is 12.1 Å². The summed E-state index contributed by atoms with van der Waals surface area (Å²) in [6.45, 7) is 2.09. The summed E-state index contributed by atoms with van der Waals surface area (Å²) >= 11 is 1.84. The topological polar surface area (TPSA) is 38.3 Å². The van der Waals surface area contributed by atoms with Crippen LogP contribution in [0.5, 0.6) is 0 Å². The van der Waals surface area contributed by atoms with Crippen molar-refractivity contribution < 1.29 is 18.3 Å². The van der Waals surface area contributed by atoms with E-state index < -0.39 is 17.6 Å². The molecule has 0 amide bonds. The Morgan fingerprint density at radius 1 is 1.38 bits per heavy atom. The number of ether oxygens (including phenoxy) is 1. The third-order valence-electron chi connectivity index (χ3n) is 3.66. The normalized spacial score (nSPS) is 21.3. The maximum Gasteiger partial charge on any atom is 0.340 e. The highest BCUT2D eigenvalue weighted by Crippen LogP contribution is 2.33. The predicted molar refractivity (Wildman–Crippen MR) is 80.9 cm³/mol. The van der Waals surface area contributed by atoms with Gasteiger partial charge in [0.1, 0.15) is 0 Å². The summed E-state index contributed by atoms with van der Waals surface area (Å²) in [5.41, 5.74) is -0.278. The van der Waals surface area contributed by atoms with Gasteiger partial charge in [0.2, 0.25) is 0 Å². The Morgan fingerprint density at radius 3 is 2.81 bits per heavy atom. The highest BCUT2D eigenvalue weighted by atomic mass is 32.2. The first-order valence-corrected chi connectivity index (χ1v) is 8.07. The summed E-state index contributed by atoms with van der Waals surface area (Å²) in [4.78, 5) is 11.3. The van der Waals surface area contributed by atoms with Gasteiger partial charge in [-0.2, -0.15) is 11.8 Å². The molecule has 1 aromatic rings. The van der Waals surface area contributed by atoms with Crippen molar-refractivity contribution in [1.29, 1.82) is 0 Å². The van der Waals surface area contributed by atoms with E-state index in [0.29, 0.717) is 5.25 Å². The molecule has 0 saturated heterocycles. The molecule has 0 radical (unpaired) electrons. The highest BCUT2D eigenvalue weighted by Gasteiger charge is 2.28. The molecule has 1 aromatic carbocycles. The summed E-state index contributed by atoms with van der Waals surface area (Å²) in [7, 11) is 1.14. The zero-order valence-corrected chi connectivity index (χ0v) is 12.9. The molecule has 1 saturated carbocycles. The number of benzene rings is 1. The lowest BCUT2D eigenvalue weighted by atomic mass is 10.1. The molecule has 1 N–H and O–H groups in total. The Kier molecular flexibility index (Phi) is 5.45. The van der Waals surface area contributed by atoms with Crippen LogP contribution in [0, 0.1) is 11.6 Å². The lowest BCUT2D eigenvalue weighted by Gasteiger charge is -2.22. The number of halogens is 2. The molecule has 0 spiro atoms. The van der Waals surface area contributed by atoms with Gasteiger partial charge in [0.15, 0.2) is 11.6 Å². The number of carbonyl (C=O) groups is 1. The number of thioether (sulfide) groups is 1. The summed E-state index contributed by atoms with van der Waals surface area (Å²) < 4.78 is 32.4. The average molecular weight is 315 g/mol. The zero-order chi connectivity index (χ0) is 15.4. The molecule has 2 atom stereocenters. The van der Waals surface area contributed by atoms with Gasteiger partial charge in [-0.1, -0.05) is 13.3 Å². The number of rotatable bonds is 5. The monoisotopic (exact) mass is 315 g/mol. The van der Waals surface area contributed by atoms with Gasteiger partial charge in [-0.3, -0.25) is 0 Å². The SMILES string of the molecule is CCSC1CCCC1Nc1ccc(C(=O)OC)c(F)c1F. The van der Waals surface area contributed by atoms with Gasteiger partial charge in [-0.15, -0.1) is 0 Å². The van der Waals surface area contributed by atoms with E-state index in [1.54, 1.807) is 0 Å². The van der Waals surface area contributed by atoms with Gasteiger partial charge in [-0.25, -0.2) is 13.6 Å². The minimum atomic E-state index is -1.16. The molecule has 1 aliphatic rings. The van der Waals surface area contributed by atoms with Crippen molar-refractivity contribution in [2.45, 2.75) is 37.5 Å². The standard InChI is InChI=1S/C15H19F2NO2S/c1-3-21-12-6-4-5-10(12)18-11-8-7-9(15(19)20-2)13(16)14(11)17/h7-8,10,12,18H,3-6H2,1-2H3. The largest absolute Gasteiger partial charge is 0.465 e. The Morgan fingerprint density at radius 2 is 2.14 bits per heavy atom. The Hall–Kier alpha value is -1.30. The summed E-state index contributed by atoms with van der Waals surface area (Å²) in [5.74, 6) is -2.06. The minimum Gasteiger partial charge on any atom is -0.465 e. The van der Waals surface area contributed by atoms with E-state index in [1.165, 1.54) is 12.1 Å². The fraction of sp³-hybridized carbons (Fsp3) is 0.533. The molecule has 0 heterocycles. The second kappa shape index (κ2) is 7.11. The van der Waals surface area contributed by atoms with Crippen molar-refractivity contribution in [1.82, 2.24) is 0 Å². The van der Waals surface area contributed by atoms with E-state index in [1.807, 2.05) is 11.8 Å². The lowest BCUT2D eigenvalue weighted by molar-refractivity contribution is 0.0594. The molecule has 1 aliphatic carbocycles. The third-order valence-corrected chi connectivity index (χ3v) is 4.99. The molecule has 21 heavy (non-hydrogen) atoms. The number of methoxy groups -OCH3 is 1. The number of hydrogen-bond donors (Lipinski definition) is 1. The van der Waals surface area contributed by atoms with Crippen LogP contribution in [-0.2, 0) is 4.74 Å². The summed E-state index contributed by atoms with van der Waals surface area (Å²) in [5, 5.41) is 3.50. The Balaban J connectivity index is 2.17. The zero-order valence-electron chi connectivity index (χ0n) is 12.1. The molecule has 2 unspecified atom stereocenters. The first-order valence-electron chi connectivity index (χ1n) is 7.03. The first-order chi connectivity index (χ1) is 10.1. The van der Waals surface area contributed by atoms with Crippen molar-refractivity contribution in [3.05, 3.63) is 29.3 Å². The van der Waals surface area contributed by atoms with Crippen LogP contribution in [0.4, 0.5) is 14.5 Å². The molecular formula is C15H19F2NO2S. The molecule has 2 rings (SSSR count). The smallest absolute Gasteiger partial charge is 0.340 e. The predicted octanol–water partition coefficient (Wildman–Crippen LogP) is 3.84. The van der Waals surface area contributed by atoms with Crippen molar-refractivity contribution >= 4 is 23.4 Å². The van der Waals surface area contributed by atoms with Gasteiger partial charge in [0, 0.05) is 11.3 Å². The van der Waals surface area contributed by atoms with Gasteiger partial charge in [0.05, 0.1) is 18.4 Å². The lowest BCUT2D eigenvalue weighted by Crippen LogP contribution is -2.27. The second-order valence-corrected chi connectivity index (χ2v) is 6.47. The third kappa shape index (κ3) is 3.48. The van der Waals surface area contributed by atoms with Crippen molar-refractivity contribution in [3.63, 3.8) is 0 Å². The number of nitrogens with one attached hydrogen (secondary N) is 1. The van der Waals surface area contributed by atoms with Crippen molar-refractivity contribution in [2.24, 2.45) is 0 Å². The summed E-state index contributed by atoms with van der Waals surface area (Å²) in [6.07, 6.45) is 3.11.